The van der Waals surface area contributed by atoms with Crippen molar-refractivity contribution in [3.05, 3.63) is 17.5 Å². The van der Waals surface area contributed by atoms with E-state index < -0.39 is 0 Å². The molecule has 1 heterocycles. The molecular weight excluding hydrogens is 214 g/mol. The van der Waals surface area contributed by atoms with Crippen LogP contribution in [-0.2, 0) is 13.6 Å². The number of aromatic nitrogens is 2. The monoisotopic (exact) mass is 239 g/mol. The van der Waals surface area contributed by atoms with E-state index in [9.17, 15) is 0 Å². The van der Waals surface area contributed by atoms with Gasteiger partial charge in [-0.1, -0.05) is 13.8 Å². The Morgan fingerprint density at radius 1 is 1.41 bits per heavy atom. The zero-order valence-electron chi connectivity index (χ0n) is 11.5. The highest BCUT2D eigenvalue weighted by Gasteiger charge is 2.16. The molecule has 0 saturated heterocycles. The number of rotatable bonds is 7. The fourth-order valence-electron chi connectivity index (χ4n) is 2.34. The van der Waals surface area contributed by atoms with Crippen molar-refractivity contribution < 1.29 is 5.11 Å². The van der Waals surface area contributed by atoms with Gasteiger partial charge in [0.15, 0.2) is 0 Å². The maximum absolute atomic E-state index is 9.17. The maximum Gasteiger partial charge on any atom is 0.0597 e. The molecule has 0 aromatic carbocycles. The molecule has 1 aromatic rings. The minimum Gasteiger partial charge on any atom is -0.395 e. The zero-order chi connectivity index (χ0) is 12.8. The Kier molecular flexibility index (Phi) is 5.65. The van der Waals surface area contributed by atoms with Gasteiger partial charge in [-0.15, -0.1) is 0 Å². The third-order valence-corrected chi connectivity index (χ3v) is 3.31. The number of hydrogen-bond acceptors (Lipinski definition) is 3. The number of hydrogen-bond donors (Lipinski definition) is 1. The molecule has 0 aliphatic carbocycles. The van der Waals surface area contributed by atoms with Crippen molar-refractivity contribution in [1.29, 1.82) is 0 Å². The Morgan fingerprint density at radius 3 is 2.47 bits per heavy atom. The van der Waals surface area contributed by atoms with E-state index in [1.165, 1.54) is 5.69 Å². The number of aryl methyl sites for hydroxylation is 2. The zero-order valence-corrected chi connectivity index (χ0v) is 11.5. The van der Waals surface area contributed by atoms with Crippen LogP contribution in [0.2, 0.25) is 0 Å². The Balaban J connectivity index is 2.75. The Labute approximate surface area is 104 Å². The van der Waals surface area contributed by atoms with E-state index in [-0.39, 0.29) is 6.61 Å². The number of aliphatic hydroxyl groups is 1. The predicted molar refractivity (Wildman–Crippen MR) is 69.8 cm³/mol. The molecule has 17 heavy (non-hydrogen) atoms. The minimum absolute atomic E-state index is 0.216. The van der Waals surface area contributed by atoms with E-state index >= 15 is 0 Å². The second kappa shape index (κ2) is 6.77. The molecule has 0 unspecified atom stereocenters. The van der Waals surface area contributed by atoms with Gasteiger partial charge in [0.1, 0.15) is 0 Å². The molecule has 0 aliphatic heterocycles. The van der Waals surface area contributed by atoms with Crippen LogP contribution >= 0.6 is 0 Å². The molecule has 0 atom stereocenters. The van der Waals surface area contributed by atoms with Crippen LogP contribution in [0.5, 0.6) is 0 Å². The normalized spacial score (nSPS) is 11.7. The predicted octanol–water partition coefficient (Wildman–Crippen LogP) is 1.71. The highest BCUT2D eigenvalue weighted by atomic mass is 16.3. The molecule has 0 aliphatic rings. The SMILES string of the molecule is CCC(CC)N(CCO)Cc1cc(C)nn1C. The average molecular weight is 239 g/mol. The van der Waals surface area contributed by atoms with Crippen molar-refractivity contribution in [3.63, 3.8) is 0 Å². The summed E-state index contributed by atoms with van der Waals surface area (Å²) in [5, 5.41) is 13.5. The quantitative estimate of drug-likeness (QED) is 0.787. The third kappa shape index (κ3) is 3.82. The molecule has 4 heteroatoms. The molecule has 4 nitrogen and oxygen atoms in total. The topological polar surface area (TPSA) is 41.3 Å². The summed E-state index contributed by atoms with van der Waals surface area (Å²) >= 11 is 0. The smallest absolute Gasteiger partial charge is 0.0597 e. The Morgan fingerprint density at radius 2 is 2.06 bits per heavy atom. The number of aliphatic hydroxyl groups excluding tert-OH is 1. The lowest BCUT2D eigenvalue weighted by Gasteiger charge is -2.29. The molecule has 0 fully saturated rings. The van der Waals surface area contributed by atoms with E-state index in [1.807, 2.05) is 18.7 Å². The van der Waals surface area contributed by atoms with Gasteiger partial charge in [-0.3, -0.25) is 9.58 Å². The number of nitrogens with zero attached hydrogens (tertiary/aromatic N) is 3. The van der Waals surface area contributed by atoms with Crippen LogP contribution in [-0.4, -0.2) is 39.0 Å². The van der Waals surface area contributed by atoms with Crippen LogP contribution in [0, 0.1) is 6.92 Å². The van der Waals surface area contributed by atoms with Crippen LogP contribution < -0.4 is 0 Å². The molecule has 0 saturated carbocycles. The summed E-state index contributed by atoms with van der Waals surface area (Å²) in [4.78, 5) is 2.34. The maximum atomic E-state index is 9.17. The Bertz CT molecular complexity index is 331. The van der Waals surface area contributed by atoms with Crippen molar-refractivity contribution in [2.24, 2.45) is 7.05 Å². The van der Waals surface area contributed by atoms with Crippen molar-refractivity contribution in [2.45, 2.75) is 46.2 Å². The van der Waals surface area contributed by atoms with Crippen molar-refractivity contribution in [2.75, 3.05) is 13.2 Å². The van der Waals surface area contributed by atoms with Gasteiger partial charge in [-0.05, 0) is 25.8 Å². The van der Waals surface area contributed by atoms with E-state index in [0.717, 1.165) is 31.6 Å². The molecule has 1 rings (SSSR count). The second-order valence-corrected chi connectivity index (χ2v) is 4.57. The van der Waals surface area contributed by atoms with Gasteiger partial charge in [0.2, 0.25) is 0 Å². The summed E-state index contributed by atoms with van der Waals surface area (Å²) in [5.41, 5.74) is 2.26. The first-order chi connectivity index (χ1) is 8.12. The van der Waals surface area contributed by atoms with Crippen molar-refractivity contribution >= 4 is 0 Å². The van der Waals surface area contributed by atoms with Gasteiger partial charge in [0.05, 0.1) is 18.0 Å². The van der Waals surface area contributed by atoms with Crippen LogP contribution in [0.1, 0.15) is 38.1 Å². The van der Waals surface area contributed by atoms with E-state index in [4.69, 9.17) is 5.11 Å². The molecule has 1 aromatic heterocycles. The molecular formula is C13H25N3O. The van der Waals surface area contributed by atoms with Crippen LogP contribution in [0.15, 0.2) is 6.07 Å². The lowest BCUT2D eigenvalue weighted by molar-refractivity contribution is 0.133. The Hall–Kier alpha value is -0.870. The minimum atomic E-state index is 0.216. The summed E-state index contributed by atoms with van der Waals surface area (Å²) in [7, 11) is 1.98. The molecule has 0 spiro atoms. The van der Waals surface area contributed by atoms with Gasteiger partial charge in [0, 0.05) is 26.2 Å². The largest absolute Gasteiger partial charge is 0.395 e. The summed E-state index contributed by atoms with van der Waals surface area (Å²) < 4.78 is 1.93. The van der Waals surface area contributed by atoms with Gasteiger partial charge in [0.25, 0.3) is 0 Å². The summed E-state index contributed by atoms with van der Waals surface area (Å²) in [6.07, 6.45) is 2.24. The van der Waals surface area contributed by atoms with E-state index in [2.05, 4.69) is 29.9 Å². The van der Waals surface area contributed by atoms with Gasteiger partial charge >= 0.3 is 0 Å². The van der Waals surface area contributed by atoms with Crippen molar-refractivity contribution in [1.82, 2.24) is 14.7 Å². The second-order valence-electron chi connectivity index (χ2n) is 4.57. The first-order valence-electron chi connectivity index (χ1n) is 6.46. The van der Waals surface area contributed by atoms with E-state index in [1.54, 1.807) is 0 Å². The molecule has 0 radical (unpaired) electrons. The first kappa shape index (κ1) is 14.2. The first-order valence-corrected chi connectivity index (χ1v) is 6.46. The third-order valence-electron chi connectivity index (χ3n) is 3.31. The van der Waals surface area contributed by atoms with Crippen LogP contribution in [0.3, 0.4) is 0 Å². The highest BCUT2D eigenvalue weighted by molar-refractivity contribution is 5.08. The van der Waals surface area contributed by atoms with E-state index in [0.29, 0.717) is 6.04 Å². The van der Waals surface area contributed by atoms with Gasteiger partial charge in [-0.25, -0.2) is 0 Å². The molecule has 0 amide bonds. The van der Waals surface area contributed by atoms with Gasteiger partial charge in [-0.2, -0.15) is 5.10 Å². The molecule has 98 valence electrons. The highest BCUT2D eigenvalue weighted by Crippen LogP contribution is 2.13. The lowest BCUT2D eigenvalue weighted by atomic mass is 10.1. The average Bonchev–Trinajstić information content (AvgIpc) is 2.59. The summed E-state index contributed by atoms with van der Waals surface area (Å²) in [6, 6.07) is 2.66. The fraction of sp³-hybridized carbons (Fsp3) is 0.769. The molecule has 0 bridgehead atoms. The van der Waals surface area contributed by atoms with Crippen LogP contribution in [0.25, 0.3) is 0 Å². The van der Waals surface area contributed by atoms with Crippen LogP contribution in [0.4, 0.5) is 0 Å². The van der Waals surface area contributed by atoms with Crippen molar-refractivity contribution in [3.8, 4) is 0 Å². The standard InChI is InChI=1S/C13H25N3O/c1-5-12(6-2)16(7-8-17)10-13-9-11(3)14-15(13)4/h9,12,17H,5-8,10H2,1-4H3. The van der Waals surface area contributed by atoms with Gasteiger partial charge < -0.3 is 5.11 Å². The summed E-state index contributed by atoms with van der Waals surface area (Å²) in [5.74, 6) is 0. The summed E-state index contributed by atoms with van der Waals surface area (Å²) in [6.45, 7) is 8.23. The fourth-order valence-corrected chi connectivity index (χ4v) is 2.34. The molecule has 1 N–H and O–H groups in total. The lowest BCUT2D eigenvalue weighted by Crippen LogP contribution is -2.36.